The number of nitrogens with one attached hydrogen (secondary N) is 1. The highest BCUT2D eigenvalue weighted by Crippen LogP contribution is 2.20. The van der Waals surface area contributed by atoms with Crippen molar-refractivity contribution in [3.8, 4) is 0 Å². The SMILES string of the molecule is Cc1cc(C(=O)Nc2ccc(Cl)nc2C)ccc1Br. The minimum absolute atomic E-state index is 0.164. The average Bonchev–Trinajstić information content (AvgIpc) is 2.36. The van der Waals surface area contributed by atoms with Gasteiger partial charge in [-0.3, -0.25) is 4.79 Å². The number of aromatic nitrogens is 1. The van der Waals surface area contributed by atoms with Gasteiger partial charge in [-0.25, -0.2) is 4.98 Å². The minimum atomic E-state index is -0.164. The highest BCUT2D eigenvalue weighted by atomic mass is 79.9. The molecular formula is C14H12BrClN2O. The first-order chi connectivity index (χ1) is 8.97. The predicted octanol–water partition coefficient (Wildman–Crippen LogP) is 4.37. The summed E-state index contributed by atoms with van der Waals surface area (Å²) in [7, 11) is 0. The number of halogens is 2. The molecule has 0 saturated carbocycles. The van der Waals surface area contributed by atoms with Crippen LogP contribution >= 0.6 is 27.5 Å². The maximum absolute atomic E-state index is 12.1. The van der Waals surface area contributed by atoms with Gasteiger partial charge in [-0.2, -0.15) is 0 Å². The molecule has 1 aromatic heterocycles. The summed E-state index contributed by atoms with van der Waals surface area (Å²) in [6.07, 6.45) is 0. The van der Waals surface area contributed by atoms with Gasteiger partial charge in [0.25, 0.3) is 5.91 Å². The summed E-state index contributed by atoms with van der Waals surface area (Å²) < 4.78 is 0.980. The molecule has 98 valence electrons. The Hall–Kier alpha value is -1.39. The summed E-state index contributed by atoms with van der Waals surface area (Å²) >= 11 is 9.19. The molecule has 1 aromatic carbocycles. The van der Waals surface area contributed by atoms with Gasteiger partial charge in [-0.05, 0) is 49.7 Å². The van der Waals surface area contributed by atoms with E-state index in [1.165, 1.54) is 0 Å². The first-order valence-corrected chi connectivity index (χ1v) is 6.85. The van der Waals surface area contributed by atoms with Gasteiger partial charge in [0, 0.05) is 10.0 Å². The Morgan fingerprint density at radius 2 is 2.00 bits per heavy atom. The molecule has 3 nitrogen and oxygen atoms in total. The lowest BCUT2D eigenvalue weighted by atomic mass is 10.1. The molecule has 1 amide bonds. The summed E-state index contributed by atoms with van der Waals surface area (Å²) in [5, 5.41) is 3.24. The molecule has 0 atom stereocenters. The Labute approximate surface area is 125 Å². The predicted molar refractivity (Wildman–Crippen MR) is 80.8 cm³/mol. The maximum Gasteiger partial charge on any atom is 0.255 e. The van der Waals surface area contributed by atoms with Crippen LogP contribution in [-0.4, -0.2) is 10.9 Å². The van der Waals surface area contributed by atoms with Crippen molar-refractivity contribution in [1.29, 1.82) is 0 Å². The smallest absolute Gasteiger partial charge is 0.255 e. The zero-order chi connectivity index (χ0) is 14.0. The Bertz CT molecular complexity index is 643. The minimum Gasteiger partial charge on any atom is -0.320 e. The van der Waals surface area contributed by atoms with E-state index in [2.05, 4.69) is 26.2 Å². The van der Waals surface area contributed by atoms with E-state index < -0.39 is 0 Å². The van der Waals surface area contributed by atoms with Crippen LogP contribution in [0.15, 0.2) is 34.8 Å². The average molecular weight is 340 g/mol. The van der Waals surface area contributed by atoms with Crippen molar-refractivity contribution in [2.45, 2.75) is 13.8 Å². The van der Waals surface area contributed by atoms with Crippen LogP contribution in [0.25, 0.3) is 0 Å². The van der Waals surface area contributed by atoms with E-state index >= 15 is 0 Å². The number of hydrogen-bond donors (Lipinski definition) is 1. The Balaban J connectivity index is 2.23. The number of rotatable bonds is 2. The topological polar surface area (TPSA) is 42.0 Å². The number of amides is 1. The molecule has 0 aliphatic carbocycles. The van der Waals surface area contributed by atoms with Crippen LogP contribution in [0.5, 0.6) is 0 Å². The number of carbonyl (C=O) groups excluding carboxylic acids is 1. The van der Waals surface area contributed by atoms with E-state index in [0.29, 0.717) is 22.1 Å². The third kappa shape index (κ3) is 3.33. The summed E-state index contributed by atoms with van der Waals surface area (Å²) in [6.45, 7) is 3.74. The summed E-state index contributed by atoms with van der Waals surface area (Å²) in [5.74, 6) is -0.164. The van der Waals surface area contributed by atoms with Crippen LogP contribution in [0, 0.1) is 13.8 Å². The lowest BCUT2D eigenvalue weighted by molar-refractivity contribution is 0.102. The molecule has 0 fully saturated rings. The number of nitrogens with zero attached hydrogens (tertiary/aromatic N) is 1. The molecule has 0 radical (unpaired) electrons. The quantitative estimate of drug-likeness (QED) is 0.826. The standard InChI is InChI=1S/C14H12BrClN2O/c1-8-7-10(3-4-11(8)15)14(19)18-12-5-6-13(16)17-9(12)2/h3-7H,1-2H3,(H,18,19). The lowest BCUT2D eigenvalue weighted by Gasteiger charge is -2.09. The van der Waals surface area contributed by atoms with Crippen molar-refractivity contribution >= 4 is 39.1 Å². The zero-order valence-electron chi connectivity index (χ0n) is 10.5. The van der Waals surface area contributed by atoms with E-state index in [0.717, 1.165) is 10.0 Å². The van der Waals surface area contributed by atoms with Gasteiger partial charge in [0.1, 0.15) is 5.15 Å². The van der Waals surface area contributed by atoms with Gasteiger partial charge < -0.3 is 5.32 Å². The molecule has 2 rings (SSSR count). The molecule has 0 saturated heterocycles. The second kappa shape index (κ2) is 5.72. The van der Waals surface area contributed by atoms with Gasteiger partial charge in [0.05, 0.1) is 11.4 Å². The van der Waals surface area contributed by atoms with Crippen LogP contribution in [-0.2, 0) is 0 Å². The highest BCUT2D eigenvalue weighted by Gasteiger charge is 2.09. The van der Waals surface area contributed by atoms with Crippen LogP contribution in [0.3, 0.4) is 0 Å². The third-order valence-corrected chi connectivity index (χ3v) is 3.82. The van der Waals surface area contributed by atoms with Crippen molar-refractivity contribution in [2.75, 3.05) is 5.32 Å². The van der Waals surface area contributed by atoms with Crippen LogP contribution in [0.1, 0.15) is 21.6 Å². The largest absolute Gasteiger partial charge is 0.320 e. The third-order valence-electron chi connectivity index (χ3n) is 2.72. The number of carbonyl (C=O) groups is 1. The number of hydrogen-bond acceptors (Lipinski definition) is 2. The molecular weight excluding hydrogens is 328 g/mol. The molecule has 0 unspecified atom stereocenters. The van der Waals surface area contributed by atoms with E-state index in [1.807, 2.05) is 19.1 Å². The van der Waals surface area contributed by atoms with Crippen molar-refractivity contribution in [1.82, 2.24) is 4.98 Å². The monoisotopic (exact) mass is 338 g/mol. The van der Waals surface area contributed by atoms with Gasteiger partial charge >= 0.3 is 0 Å². The second-order valence-corrected chi connectivity index (χ2v) is 5.43. The van der Waals surface area contributed by atoms with Crippen molar-refractivity contribution in [3.63, 3.8) is 0 Å². The van der Waals surface area contributed by atoms with Gasteiger partial charge in [0.2, 0.25) is 0 Å². The Morgan fingerprint density at radius 1 is 1.26 bits per heavy atom. The molecule has 1 N–H and O–H groups in total. The fourth-order valence-corrected chi connectivity index (χ4v) is 2.08. The van der Waals surface area contributed by atoms with E-state index in [1.54, 1.807) is 25.1 Å². The van der Waals surface area contributed by atoms with E-state index in [-0.39, 0.29) is 5.91 Å². The molecule has 0 aliphatic rings. The number of benzene rings is 1. The van der Waals surface area contributed by atoms with Crippen LogP contribution in [0.4, 0.5) is 5.69 Å². The second-order valence-electron chi connectivity index (χ2n) is 4.19. The van der Waals surface area contributed by atoms with Gasteiger partial charge in [0.15, 0.2) is 0 Å². The van der Waals surface area contributed by atoms with Crippen molar-refractivity contribution in [2.24, 2.45) is 0 Å². The molecule has 0 spiro atoms. The lowest BCUT2D eigenvalue weighted by Crippen LogP contribution is -2.13. The van der Waals surface area contributed by atoms with Crippen LogP contribution in [0.2, 0.25) is 5.15 Å². The summed E-state index contributed by atoms with van der Waals surface area (Å²) in [5.41, 5.74) is 2.97. The highest BCUT2D eigenvalue weighted by molar-refractivity contribution is 9.10. The maximum atomic E-state index is 12.1. The van der Waals surface area contributed by atoms with E-state index in [4.69, 9.17) is 11.6 Å². The first kappa shape index (κ1) is 14.0. The molecule has 5 heteroatoms. The Kier molecular flexibility index (Phi) is 4.22. The number of pyridine rings is 1. The van der Waals surface area contributed by atoms with Gasteiger partial charge in [-0.15, -0.1) is 0 Å². The van der Waals surface area contributed by atoms with Crippen molar-refractivity contribution in [3.05, 3.63) is 56.8 Å². The van der Waals surface area contributed by atoms with Gasteiger partial charge in [-0.1, -0.05) is 27.5 Å². The Morgan fingerprint density at radius 3 is 2.63 bits per heavy atom. The van der Waals surface area contributed by atoms with Crippen molar-refractivity contribution < 1.29 is 4.79 Å². The number of anilines is 1. The molecule has 0 bridgehead atoms. The molecule has 0 aliphatic heterocycles. The normalized spacial score (nSPS) is 10.3. The first-order valence-electron chi connectivity index (χ1n) is 5.68. The molecule has 1 heterocycles. The fourth-order valence-electron chi connectivity index (χ4n) is 1.64. The number of aryl methyl sites for hydroxylation is 2. The fraction of sp³-hybridized carbons (Fsp3) is 0.143. The summed E-state index contributed by atoms with van der Waals surface area (Å²) in [6, 6.07) is 8.85. The molecule has 2 aromatic rings. The zero-order valence-corrected chi connectivity index (χ0v) is 12.8. The van der Waals surface area contributed by atoms with Crippen LogP contribution < -0.4 is 5.32 Å². The summed E-state index contributed by atoms with van der Waals surface area (Å²) in [4.78, 5) is 16.2. The molecule has 19 heavy (non-hydrogen) atoms. The van der Waals surface area contributed by atoms with E-state index in [9.17, 15) is 4.79 Å².